The maximum Gasteiger partial charge on any atom is 0.163 e. The first kappa shape index (κ1) is 15.2. The third-order valence-corrected chi connectivity index (χ3v) is 3.31. The number of ketones is 1. The van der Waals surface area contributed by atoms with E-state index in [2.05, 4.69) is 6.92 Å². The molecule has 3 heteroatoms. The van der Waals surface area contributed by atoms with Gasteiger partial charge in [-0.2, -0.15) is 0 Å². The molecule has 2 nitrogen and oxygen atoms in total. The normalized spacial score (nSPS) is 10.4. The number of hydrogen-bond acceptors (Lipinski definition) is 2. The first-order valence-electron chi connectivity index (χ1n) is 7.19. The van der Waals surface area contributed by atoms with Crippen LogP contribution in [0.15, 0.2) is 48.5 Å². The smallest absolute Gasteiger partial charge is 0.163 e. The van der Waals surface area contributed by atoms with Crippen LogP contribution in [0.2, 0.25) is 0 Å². The highest BCUT2D eigenvalue weighted by atomic mass is 19.1. The molecule has 2 aromatic rings. The molecular weight excluding hydrogens is 267 g/mol. The van der Waals surface area contributed by atoms with Crippen molar-refractivity contribution in [2.75, 3.05) is 6.61 Å². The van der Waals surface area contributed by atoms with Crippen LogP contribution >= 0.6 is 0 Å². The van der Waals surface area contributed by atoms with Crippen LogP contribution in [0, 0.1) is 5.82 Å². The Balaban J connectivity index is 1.73. The van der Waals surface area contributed by atoms with Crippen molar-refractivity contribution < 1.29 is 13.9 Å². The summed E-state index contributed by atoms with van der Waals surface area (Å²) in [7, 11) is 0. The summed E-state index contributed by atoms with van der Waals surface area (Å²) in [6.45, 7) is 2.61. The van der Waals surface area contributed by atoms with Gasteiger partial charge < -0.3 is 4.74 Å². The molecule has 0 bridgehead atoms. The Hall–Kier alpha value is -2.16. The third-order valence-electron chi connectivity index (χ3n) is 3.31. The predicted molar refractivity (Wildman–Crippen MR) is 81.3 cm³/mol. The molecule has 0 unspecified atom stereocenters. The second-order valence-corrected chi connectivity index (χ2v) is 4.88. The van der Waals surface area contributed by atoms with E-state index in [0.29, 0.717) is 25.0 Å². The van der Waals surface area contributed by atoms with Crippen LogP contribution in [0.4, 0.5) is 4.39 Å². The molecule has 0 saturated carbocycles. The molecule has 0 aliphatic rings. The number of ether oxygens (including phenoxy) is 1. The highest BCUT2D eigenvalue weighted by molar-refractivity contribution is 5.95. The quantitative estimate of drug-likeness (QED) is 0.556. The molecule has 0 atom stereocenters. The van der Waals surface area contributed by atoms with Gasteiger partial charge in [0.05, 0.1) is 6.61 Å². The maximum atomic E-state index is 12.8. The zero-order valence-electron chi connectivity index (χ0n) is 12.1. The number of carbonyl (C=O) groups is 1. The lowest BCUT2D eigenvalue weighted by Gasteiger charge is -2.06. The SMILES string of the molecule is CCc1ccc(OCCCC(=O)c2ccc(F)cc2)cc1. The summed E-state index contributed by atoms with van der Waals surface area (Å²) in [5.74, 6) is 0.506. The number of Topliss-reactive ketones (excluding diaryl/α,β-unsaturated/α-hetero) is 1. The lowest BCUT2D eigenvalue weighted by molar-refractivity contribution is 0.0973. The third kappa shape index (κ3) is 4.71. The number of carbonyl (C=O) groups excluding carboxylic acids is 1. The van der Waals surface area contributed by atoms with E-state index in [-0.39, 0.29) is 11.6 Å². The predicted octanol–water partition coefficient (Wildman–Crippen LogP) is 4.43. The summed E-state index contributed by atoms with van der Waals surface area (Å²) < 4.78 is 18.4. The summed E-state index contributed by atoms with van der Waals surface area (Å²) in [5.41, 5.74) is 1.82. The molecule has 0 radical (unpaired) electrons. The molecule has 0 spiro atoms. The van der Waals surface area contributed by atoms with Gasteiger partial charge in [0.1, 0.15) is 11.6 Å². The van der Waals surface area contributed by atoms with Gasteiger partial charge in [-0.05, 0) is 54.8 Å². The maximum absolute atomic E-state index is 12.8. The van der Waals surface area contributed by atoms with Crippen LogP contribution < -0.4 is 4.74 Å². The van der Waals surface area contributed by atoms with E-state index in [0.717, 1.165) is 12.2 Å². The second-order valence-electron chi connectivity index (χ2n) is 4.88. The summed E-state index contributed by atoms with van der Waals surface area (Å²) in [4.78, 5) is 11.9. The van der Waals surface area contributed by atoms with Crippen LogP contribution in [0.5, 0.6) is 5.75 Å². The van der Waals surface area contributed by atoms with E-state index in [1.165, 1.54) is 29.8 Å². The number of benzene rings is 2. The molecule has 0 amide bonds. The van der Waals surface area contributed by atoms with Crippen molar-refractivity contribution in [1.82, 2.24) is 0 Å². The molecule has 0 saturated heterocycles. The van der Waals surface area contributed by atoms with Crippen molar-refractivity contribution >= 4 is 5.78 Å². The standard InChI is InChI=1S/C18H19FO2/c1-2-14-5-11-17(12-6-14)21-13-3-4-18(20)15-7-9-16(19)10-8-15/h5-12H,2-4,13H2,1H3. The van der Waals surface area contributed by atoms with Crippen molar-refractivity contribution in [3.63, 3.8) is 0 Å². The molecule has 2 rings (SSSR count). The van der Waals surface area contributed by atoms with Crippen LogP contribution in [0.25, 0.3) is 0 Å². The van der Waals surface area contributed by atoms with E-state index in [9.17, 15) is 9.18 Å². The van der Waals surface area contributed by atoms with Crippen molar-refractivity contribution in [3.8, 4) is 5.75 Å². The molecule has 0 aliphatic heterocycles. The van der Waals surface area contributed by atoms with Crippen molar-refractivity contribution in [2.45, 2.75) is 26.2 Å². The van der Waals surface area contributed by atoms with Gasteiger partial charge in [0, 0.05) is 12.0 Å². The molecule has 2 aromatic carbocycles. The minimum atomic E-state index is -0.328. The molecule has 0 aromatic heterocycles. The minimum Gasteiger partial charge on any atom is -0.494 e. The Morgan fingerprint density at radius 1 is 1.05 bits per heavy atom. The summed E-state index contributed by atoms with van der Waals surface area (Å²) in [5, 5.41) is 0. The van der Waals surface area contributed by atoms with E-state index in [1.807, 2.05) is 24.3 Å². The van der Waals surface area contributed by atoms with E-state index in [4.69, 9.17) is 4.74 Å². The van der Waals surface area contributed by atoms with Gasteiger partial charge in [-0.25, -0.2) is 4.39 Å². The molecule has 0 aliphatic carbocycles. The fraction of sp³-hybridized carbons (Fsp3) is 0.278. The monoisotopic (exact) mass is 286 g/mol. The number of halogens is 1. The van der Waals surface area contributed by atoms with Crippen molar-refractivity contribution in [3.05, 3.63) is 65.5 Å². The zero-order chi connectivity index (χ0) is 15.1. The molecule has 21 heavy (non-hydrogen) atoms. The average molecular weight is 286 g/mol. The van der Waals surface area contributed by atoms with Crippen LogP contribution in [-0.2, 0) is 6.42 Å². The highest BCUT2D eigenvalue weighted by Crippen LogP contribution is 2.13. The number of rotatable bonds is 7. The van der Waals surface area contributed by atoms with E-state index in [1.54, 1.807) is 0 Å². The molecular formula is C18H19FO2. The number of aryl methyl sites for hydroxylation is 1. The first-order valence-corrected chi connectivity index (χ1v) is 7.19. The zero-order valence-corrected chi connectivity index (χ0v) is 12.1. The average Bonchev–Trinajstić information content (AvgIpc) is 2.52. The Labute approximate surface area is 124 Å². The molecule has 110 valence electrons. The Morgan fingerprint density at radius 2 is 1.71 bits per heavy atom. The van der Waals surface area contributed by atoms with Crippen molar-refractivity contribution in [1.29, 1.82) is 0 Å². The Bertz CT molecular complexity index is 573. The Morgan fingerprint density at radius 3 is 2.33 bits per heavy atom. The molecule has 0 N–H and O–H groups in total. The summed E-state index contributed by atoms with van der Waals surface area (Å²) in [6, 6.07) is 13.6. The van der Waals surface area contributed by atoms with Gasteiger partial charge >= 0.3 is 0 Å². The van der Waals surface area contributed by atoms with Crippen LogP contribution in [-0.4, -0.2) is 12.4 Å². The lowest BCUT2D eigenvalue weighted by atomic mass is 10.1. The van der Waals surface area contributed by atoms with E-state index < -0.39 is 0 Å². The first-order chi connectivity index (χ1) is 10.2. The fourth-order valence-corrected chi connectivity index (χ4v) is 2.02. The van der Waals surface area contributed by atoms with E-state index >= 15 is 0 Å². The van der Waals surface area contributed by atoms with Gasteiger partial charge in [-0.3, -0.25) is 4.79 Å². The Kier molecular flexibility index (Phi) is 5.50. The van der Waals surface area contributed by atoms with Gasteiger partial charge in [-0.15, -0.1) is 0 Å². The van der Waals surface area contributed by atoms with Gasteiger partial charge in [0.2, 0.25) is 0 Å². The summed E-state index contributed by atoms with van der Waals surface area (Å²) >= 11 is 0. The molecule has 0 fully saturated rings. The summed E-state index contributed by atoms with van der Waals surface area (Å²) in [6.07, 6.45) is 2.05. The largest absolute Gasteiger partial charge is 0.494 e. The van der Waals surface area contributed by atoms with Crippen LogP contribution in [0.1, 0.15) is 35.7 Å². The minimum absolute atomic E-state index is 0.0138. The fourth-order valence-electron chi connectivity index (χ4n) is 2.02. The number of hydrogen-bond donors (Lipinski definition) is 0. The van der Waals surface area contributed by atoms with Gasteiger partial charge in [0.15, 0.2) is 5.78 Å². The molecule has 0 heterocycles. The van der Waals surface area contributed by atoms with Crippen LogP contribution in [0.3, 0.4) is 0 Å². The van der Waals surface area contributed by atoms with Gasteiger partial charge in [0.25, 0.3) is 0 Å². The van der Waals surface area contributed by atoms with Crippen molar-refractivity contribution in [2.24, 2.45) is 0 Å². The lowest BCUT2D eigenvalue weighted by Crippen LogP contribution is -2.04. The van der Waals surface area contributed by atoms with Gasteiger partial charge in [-0.1, -0.05) is 19.1 Å². The second kappa shape index (κ2) is 7.58. The highest BCUT2D eigenvalue weighted by Gasteiger charge is 2.05. The topological polar surface area (TPSA) is 26.3 Å².